The summed E-state index contributed by atoms with van der Waals surface area (Å²) in [6.07, 6.45) is -1.50. The van der Waals surface area contributed by atoms with Crippen LogP contribution in [-0.2, 0) is 22.3 Å². The van der Waals surface area contributed by atoms with Crippen LogP contribution in [0.2, 0.25) is 0 Å². The number of ether oxygens (including phenoxy) is 2. The number of aliphatic hydroxyl groups excluding tert-OH is 1. The highest BCUT2D eigenvalue weighted by molar-refractivity contribution is 5.80. The van der Waals surface area contributed by atoms with Crippen LogP contribution < -0.4 is 4.74 Å². The van der Waals surface area contributed by atoms with Gasteiger partial charge in [0.2, 0.25) is 11.6 Å². The number of rotatable bonds is 9. The van der Waals surface area contributed by atoms with E-state index in [0.29, 0.717) is 54.5 Å². The van der Waals surface area contributed by atoms with Crippen molar-refractivity contribution >= 4 is 17.1 Å². The molecule has 2 atom stereocenters. The fourth-order valence-electron chi connectivity index (χ4n) is 5.06. The molecule has 204 valence electrons. The normalized spacial score (nSPS) is 19.0. The molecule has 12 heteroatoms. The monoisotopic (exact) mass is 533 g/mol. The molecule has 1 amide bonds. The standard InChI is InChI=1S/C26H30F3N5O4/c1-4-37-13-38-20-9-17(26(27,28)29)7-14(2)22(20)19-10-30-23-24(15(3)35)34(32-25(23)31-19)12-16-8-21(36)33(11-16)18-5-6-18/h7,9-10,15-16,18,35H,4-6,8,11-13H2,1-3H3/t15-,16+/m1/s1. The van der Waals surface area contributed by atoms with E-state index < -0.39 is 17.8 Å². The van der Waals surface area contributed by atoms with E-state index in [1.807, 2.05) is 4.90 Å². The second-order valence-corrected chi connectivity index (χ2v) is 9.94. The predicted molar refractivity (Wildman–Crippen MR) is 131 cm³/mol. The van der Waals surface area contributed by atoms with Crippen LogP contribution >= 0.6 is 0 Å². The Bertz CT molecular complexity index is 1350. The molecule has 2 fully saturated rings. The lowest BCUT2D eigenvalue weighted by Crippen LogP contribution is -2.28. The van der Waals surface area contributed by atoms with E-state index in [9.17, 15) is 23.1 Å². The summed E-state index contributed by atoms with van der Waals surface area (Å²) < 4.78 is 52.9. The fourth-order valence-corrected chi connectivity index (χ4v) is 5.06. The first-order valence-electron chi connectivity index (χ1n) is 12.7. The van der Waals surface area contributed by atoms with Gasteiger partial charge in [0, 0.05) is 43.6 Å². The molecule has 5 rings (SSSR count). The molecule has 2 aromatic heterocycles. The minimum Gasteiger partial charge on any atom is -0.467 e. The predicted octanol–water partition coefficient (Wildman–Crippen LogP) is 4.26. The number of aliphatic hydroxyl groups is 1. The number of nitrogens with zero attached hydrogens (tertiary/aromatic N) is 5. The van der Waals surface area contributed by atoms with Gasteiger partial charge in [-0.25, -0.2) is 9.97 Å². The van der Waals surface area contributed by atoms with Crippen molar-refractivity contribution in [1.82, 2.24) is 24.6 Å². The van der Waals surface area contributed by atoms with Crippen molar-refractivity contribution in [3.8, 4) is 17.0 Å². The van der Waals surface area contributed by atoms with E-state index in [2.05, 4.69) is 15.1 Å². The third-order valence-electron chi connectivity index (χ3n) is 6.93. The number of aromatic nitrogens is 4. The van der Waals surface area contributed by atoms with Crippen LogP contribution in [0.4, 0.5) is 13.2 Å². The number of carbonyl (C=O) groups excluding carboxylic acids is 1. The van der Waals surface area contributed by atoms with Crippen LogP contribution in [0.1, 0.15) is 56.0 Å². The molecule has 0 spiro atoms. The lowest BCUT2D eigenvalue weighted by Gasteiger charge is -2.17. The summed E-state index contributed by atoms with van der Waals surface area (Å²) >= 11 is 0. The van der Waals surface area contributed by atoms with Crippen LogP contribution in [-0.4, -0.2) is 61.6 Å². The molecule has 1 aliphatic carbocycles. The summed E-state index contributed by atoms with van der Waals surface area (Å²) in [6.45, 7) is 6.09. The summed E-state index contributed by atoms with van der Waals surface area (Å²) in [7, 11) is 0. The second kappa shape index (κ2) is 10.1. The zero-order valence-electron chi connectivity index (χ0n) is 21.5. The third kappa shape index (κ3) is 5.19. The highest BCUT2D eigenvalue weighted by Gasteiger charge is 2.40. The van der Waals surface area contributed by atoms with Gasteiger partial charge in [0.1, 0.15) is 11.3 Å². The van der Waals surface area contributed by atoms with Gasteiger partial charge in [0.05, 0.1) is 29.3 Å². The van der Waals surface area contributed by atoms with Crippen LogP contribution in [0.15, 0.2) is 18.3 Å². The fraction of sp³-hybridized carbons (Fsp3) is 0.538. The van der Waals surface area contributed by atoms with Gasteiger partial charge in [-0.05, 0) is 51.3 Å². The van der Waals surface area contributed by atoms with Gasteiger partial charge in [-0.2, -0.15) is 18.3 Å². The summed E-state index contributed by atoms with van der Waals surface area (Å²) in [4.78, 5) is 23.5. The smallest absolute Gasteiger partial charge is 0.416 e. The van der Waals surface area contributed by atoms with E-state index in [4.69, 9.17) is 9.47 Å². The zero-order chi connectivity index (χ0) is 27.2. The number of hydrogen-bond acceptors (Lipinski definition) is 7. The second-order valence-electron chi connectivity index (χ2n) is 9.94. The SMILES string of the molecule is CCOCOc1cc(C(F)(F)F)cc(C)c1-c1cnc2c([C@@H](C)O)n(C[C@H]3CC(=O)N(C4CC4)C3)nc2n1. The van der Waals surface area contributed by atoms with E-state index in [0.717, 1.165) is 25.0 Å². The average molecular weight is 534 g/mol. The van der Waals surface area contributed by atoms with Gasteiger partial charge in [0.25, 0.3) is 0 Å². The molecule has 2 aliphatic rings. The maximum absolute atomic E-state index is 13.5. The topological polar surface area (TPSA) is 103 Å². The van der Waals surface area contributed by atoms with E-state index in [1.54, 1.807) is 25.5 Å². The number of fused-ring (bicyclic) bond motifs is 1. The van der Waals surface area contributed by atoms with Crippen molar-refractivity contribution in [2.45, 2.75) is 64.9 Å². The van der Waals surface area contributed by atoms with Gasteiger partial charge in [0.15, 0.2) is 6.79 Å². The maximum atomic E-state index is 13.5. The van der Waals surface area contributed by atoms with Crippen LogP contribution in [0.5, 0.6) is 5.75 Å². The molecular formula is C26H30F3N5O4. The van der Waals surface area contributed by atoms with E-state index >= 15 is 0 Å². The van der Waals surface area contributed by atoms with Gasteiger partial charge in [-0.1, -0.05) is 0 Å². The Labute approximate surface area is 217 Å². The molecule has 1 N–H and O–H groups in total. The van der Waals surface area contributed by atoms with Crippen LogP contribution in [0.3, 0.4) is 0 Å². The molecule has 1 aromatic carbocycles. The molecule has 1 aliphatic heterocycles. The quantitative estimate of drug-likeness (QED) is 0.324. The van der Waals surface area contributed by atoms with Crippen LogP contribution in [0.25, 0.3) is 22.4 Å². The number of alkyl halides is 3. The molecule has 0 unspecified atom stereocenters. The van der Waals surface area contributed by atoms with Crippen molar-refractivity contribution < 1.29 is 32.5 Å². The van der Waals surface area contributed by atoms with E-state index in [1.165, 1.54) is 6.20 Å². The maximum Gasteiger partial charge on any atom is 0.416 e. The third-order valence-corrected chi connectivity index (χ3v) is 6.93. The number of carbonyl (C=O) groups is 1. The Morgan fingerprint density at radius 2 is 2.03 bits per heavy atom. The van der Waals surface area contributed by atoms with Crippen molar-refractivity contribution in [3.05, 3.63) is 35.2 Å². The highest BCUT2D eigenvalue weighted by Crippen LogP contribution is 2.40. The molecule has 9 nitrogen and oxygen atoms in total. The number of benzene rings is 1. The number of likely N-dealkylation sites (tertiary alicyclic amines) is 1. The molecular weight excluding hydrogens is 503 g/mol. The molecule has 1 saturated heterocycles. The lowest BCUT2D eigenvalue weighted by molar-refractivity contribution is -0.137. The largest absolute Gasteiger partial charge is 0.467 e. The summed E-state index contributed by atoms with van der Waals surface area (Å²) in [5.74, 6) is 0.160. The molecule has 0 radical (unpaired) electrons. The van der Waals surface area contributed by atoms with Crippen molar-refractivity contribution in [2.75, 3.05) is 19.9 Å². The van der Waals surface area contributed by atoms with E-state index in [-0.39, 0.29) is 35.7 Å². The first-order chi connectivity index (χ1) is 18.1. The Morgan fingerprint density at radius 3 is 2.68 bits per heavy atom. The average Bonchev–Trinajstić information content (AvgIpc) is 3.52. The van der Waals surface area contributed by atoms with Crippen molar-refractivity contribution in [2.24, 2.45) is 5.92 Å². The van der Waals surface area contributed by atoms with Gasteiger partial charge in [-0.3, -0.25) is 9.48 Å². The number of amides is 1. The van der Waals surface area contributed by atoms with Gasteiger partial charge < -0.3 is 19.5 Å². The number of hydrogen-bond donors (Lipinski definition) is 1. The first-order valence-corrected chi connectivity index (χ1v) is 12.7. The lowest BCUT2D eigenvalue weighted by atomic mass is 10.0. The Morgan fingerprint density at radius 1 is 1.26 bits per heavy atom. The Balaban J connectivity index is 1.51. The minimum absolute atomic E-state index is 0.0285. The first kappa shape index (κ1) is 26.4. The molecule has 38 heavy (non-hydrogen) atoms. The summed E-state index contributed by atoms with van der Waals surface area (Å²) in [5.41, 5.74) is 1.22. The summed E-state index contributed by atoms with van der Waals surface area (Å²) in [5, 5.41) is 15.1. The highest BCUT2D eigenvalue weighted by atomic mass is 19.4. The van der Waals surface area contributed by atoms with Crippen molar-refractivity contribution in [1.29, 1.82) is 0 Å². The molecule has 1 saturated carbocycles. The van der Waals surface area contributed by atoms with Gasteiger partial charge >= 0.3 is 6.18 Å². The molecule has 0 bridgehead atoms. The summed E-state index contributed by atoms with van der Waals surface area (Å²) in [6, 6.07) is 2.31. The molecule has 3 heterocycles. The van der Waals surface area contributed by atoms with Gasteiger partial charge in [-0.15, -0.1) is 0 Å². The minimum atomic E-state index is -4.55. The molecule has 3 aromatic rings. The van der Waals surface area contributed by atoms with Crippen molar-refractivity contribution in [3.63, 3.8) is 0 Å². The Hall–Kier alpha value is -3.25. The zero-order valence-corrected chi connectivity index (χ0v) is 21.5. The number of halogens is 3. The van der Waals surface area contributed by atoms with Crippen LogP contribution in [0, 0.1) is 12.8 Å². The number of aryl methyl sites for hydroxylation is 1. The Kier molecular flexibility index (Phi) is 7.03.